The second-order valence-electron chi connectivity index (χ2n) is 34.2. The number of benzene rings is 20. The van der Waals surface area contributed by atoms with E-state index in [0.717, 1.165) is 177 Å². The van der Waals surface area contributed by atoms with E-state index in [2.05, 4.69) is 427 Å². The smallest absolute Gasteiger partial charge is 0.247 e. The molecule has 24 aromatic rings. The van der Waals surface area contributed by atoms with Crippen LogP contribution in [0.2, 0.25) is 0 Å². The van der Waals surface area contributed by atoms with Gasteiger partial charge in [0.1, 0.15) is 24.7 Å². The number of anilines is 1. The fourth-order valence-electron chi connectivity index (χ4n) is 18.0. The maximum Gasteiger partial charge on any atom is 0.247 e. The Morgan fingerprint density at radius 2 is 0.486 bits per heavy atom. The number of rotatable bonds is 19. The fourth-order valence-corrected chi connectivity index (χ4v) is 18.8. The summed E-state index contributed by atoms with van der Waals surface area (Å²) in [6.07, 6.45) is 6.63. The number of halogens is 2. The molecule has 18 heteroatoms. The zero-order valence-electron chi connectivity index (χ0n) is 79.6. The van der Waals surface area contributed by atoms with E-state index in [9.17, 15) is 0 Å². The summed E-state index contributed by atoms with van der Waals surface area (Å²) in [6.45, 7) is 14.9. The molecule has 0 aliphatic carbocycles. The molecule has 0 aliphatic rings. The van der Waals surface area contributed by atoms with Crippen LogP contribution < -0.4 is 5.73 Å². The van der Waals surface area contributed by atoms with Crippen LogP contribution in [0, 0.1) is 19.2 Å². The predicted octanol–water partition coefficient (Wildman–Crippen LogP) is 34.2. The standard InChI is InChI=1S/C33H22N4.C33H21N4.C32H22BrN3.C24H19N.C8H5BrN2O.Ir/c2*1-34-29-19-11-18-27(20-29)33-36-35-23-37(33)32-30(25-14-7-3-8-15-25)21-28(24-12-5-2-6-13-24)22-31(32)26-16-9-4-10-17-26;33-28-18-10-17-26(19-28)32-35-34-22-36(32)31-29(24-13-6-2-7-14-24)20-27(23-11-4-1-5-12-23)21-30(31)25-15-8-3-9-16-25;25-24-22(19-12-6-2-7-13-19)16-21(18-10-4-1-5-11-18)17-23(24)20-14-8-3-9-15-20;9-7-3-1-2-6(4-7)8-11-10-5-12-8;/h2-23H;2-17,19-23H;1-22H;1-17H,25H2;1-5H;/q;-1;;;;. The van der Waals surface area contributed by atoms with Gasteiger partial charge in [-0.2, -0.15) is 11.2 Å². The van der Waals surface area contributed by atoms with E-state index in [1.54, 1.807) is 36.9 Å². The topological polar surface area (TPSA) is 166 Å². The first-order valence-corrected chi connectivity index (χ1v) is 49.2. The summed E-state index contributed by atoms with van der Waals surface area (Å²) >= 11 is 6.97. The summed E-state index contributed by atoms with van der Waals surface area (Å²) in [5, 5.41) is 33.9. The largest absolute Gasteiger partial charge is 0.423 e. The molecule has 0 aliphatic heterocycles. The SMILES string of the molecule is Brc1cccc(-c2nncn2-c2c(-c3ccccc3)cc(-c3ccccc3)cc2-c2ccccc2)c1.Brc1cccc(-c2nnco2)c1.Nc1c(-c2ccccc2)cc(-c2ccccc2)cc1-c1ccccc1.[C-]#[N+]c1cc[c-]c(-c2nncn2-c2c(-c3ccccc3)cc(-c3ccccc3)cc2-c2ccccc2)c1.[C-]#[N+]c1cccc(-c2nncn2-c2c(-c3ccccc3)cc(-c3ccccc3)cc2-c2ccccc2)c1.[Ir]. The molecule has 20 aromatic carbocycles. The second kappa shape index (κ2) is 47.5. The number of nitrogens with two attached hydrogens (primary N) is 1. The first-order chi connectivity index (χ1) is 72.6. The molecule has 2 N–H and O–H groups in total. The maximum absolute atomic E-state index is 7.46. The van der Waals surface area contributed by atoms with Gasteiger partial charge < -0.3 is 14.7 Å². The monoisotopic (exact) mass is 2210 g/mol. The van der Waals surface area contributed by atoms with Gasteiger partial charge in [-0.25, -0.2) is 4.85 Å². The zero-order chi connectivity index (χ0) is 99.8. The minimum absolute atomic E-state index is 0. The zero-order valence-corrected chi connectivity index (χ0v) is 85.2. The van der Waals surface area contributed by atoms with Gasteiger partial charge in [-0.3, -0.25) is 14.0 Å². The van der Waals surface area contributed by atoms with Crippen LogP contribution in [0.3, 0.4) is 0 Å². The summed E-state index contributed by atoms with van der Waals surface area (Å²) in [7, 11) is 0. The second-order valence-corrected chi connectivity index (χ2v) is 36.0. The molecular weight excluding hydrogens is 2130 g/mol. The van der Waals surface area contributed by atoms with Crippen LogP contribution in [-0.2, 0) is 20.1 Å². The van der Waals surface area contributed by atoms with E-state index in [0.29, 0.717) is 28.9 Å². The van der Waals surface area contributed by atoms with Crippen molar-refractivity contribution in [3.05, 3.63) is 567 Å². The maximum atomic E-state index is 7.46. The van der Waals surface area contributed by atoms with E-state index in [1.165, 1.54) is 23.1 Å². The van der Waals surface area contributed by atoms with Crippen molar-refractivity contribution >= 4 is 48.9 Å². The fraction of sp³-hybridized carbons (Fsp3) is 0. The molecule has 0 amide bonds. The Bertz CT molecular complexity index is 8160. The molecule has 0 atom stereocenters. The summed E-state index contributed by atoms with van der Waals surface area (Å²) in [4.78, 5) is 7.20. The first kappa shape index (κ1) is 98.1. The summed E-state index contributed by atoms with van der Waals surface area (Å²) in [6, 6.07) is 175. The number of aromatic nitrogens is 11. The number of nitrogens with zero attached hydrogens (tertiary/aromatic N) is 13. The third kappa shape index (κ3) is 22.8. The van der Waals surface area contributed by atoms with Crippen LogP contribution in [-0.4, -0.2) is 54.5 Å². The van der Waals surface area contributed by atoms with Gasteiger partial charge in [-0.15, -0.1) is 59.5 Å². The Balaban J connectivity index is 0.000000120. The molecule has 0 saturated carbocycles. The van der Waals surface area contributed by atoms with Crippen LogP contribution in [0.4, 0.5) is 17.1 Å². The van der Waals surface area contributed by atoms with Crippen LogP contribution >= 0.6 is 31.9 Å². The molecule has 0 bridgehead atoms. The molecule has 148 heavy (non-hydrogen) atoms. The minimum atomic E-state index is 0. The quantitative estimate of drug-likeness (QED) is 0.0608. The van der Waals surface area contributed by atoms with Crippen molar-refractivity contribution in [2.24, 2.45) is 0 Å². The van der Waals surface area contributed by atoms with Gasteiger partial charge in [0.25, 0.3) is 0 Å². The molecule has 0 unspecified atom stereocenters. The first-order valence-electron chi connectivity index (χ1n) is 47.6. The van der Waals surface area contributed by atoms with Crippen LogP contribution in [0.5, 0.6) is 0 Å². The average molecular weight is 2220 g/mol. The number of hydrogen-bond acceptors (Lipinski definition) is 10. The van der Waals surface area contributed by atoms with E-state index in [-0.39, 0.29) is 20.1 Å². The Morgan fingerprint density at radius 1 is 0.236 bits per heavy atom. The third-order valence-corrected chi connectivity index (χ3v) is 25.9. The van der Waals surface area contributed by atoms with Gasteiger partial charge in [0.2, 0.25) is 12.3 Å². The van der Waals surface area contributed by atoms with Gasteiger partial charge in [-0.1, -0.05) is 432 Å². The van der Waals surface area contributed by atoms with Crippen molar-refractivity contribution < 1.29 is 24.5 Å². The van der Waals surface area contributed by atoms with Crippen molar-refractivity contribution in [3.63, 3.8) is 0 Å². The van der Waals surface area contributed by atoms with Crippen molar-refractivity contribution in [2.75, 3.05) is 5.73 Å². The number of hydrogen-bond donors (Lipinski definition) is 1. The Kier molecular flexibility index (Phi) is 31.5. The molecule has 0 fully saturated rings. The van der Waals surface area contributed by atoms with Crippen molar-refractivity contribution in [1.29, 1.82) is 0 Å². The molecule has 709 valence electrons. The van der Waals surface area contributed by atoms with Crippen LogP contribution in [0.15, 0.2) is 542 Å². The molecule has 0 saturated heterocycles. The van der Waals surface area contributed by atoms with Crippen molar-refractivity contribution in [3.8, 4) is 196 Å². The average Bonchev–Trinajstić information content (AvgIpc) is 1.31. The van der Waals surface area contributed by atoms with Gasteiger partial charge in [0, 0.05) is 95.9 Å². The third-order valence-electron chi connectivity index (χ3n) is 24.9. The summed E-state index contributed by atoms with van der Waals surface area (Å²) in [5.74, 6) is 2.65. The minimum Gasteiger partial charge on any atom is -0.423 e. The summed E-state index contributed by atoms with van der Waals surface area (Å²) in [5.41, 5.74) is 41.8. The Morgan fingerprint density at radius 3 is 0.784 bits per heavy atom. The summed E-state index contributed by atoms with van der Waals surface area (Å²) < 4.78 is 13.2. The van der Waals surface area contributed by atoms with Gasteiger partial charge in [-0.05, 0) is 174 Å². The van der Waals surface area contributed by atoms with E-state index < -0.39 is 0 Å². The van der Waals surface area contributed by atoms with Gasteiger partial charge in [0.15, 0.2) is 17.3 Å². The Hall–Kier alpha value is -18.7. The van der Waals surface area contributed by atoms with E-state index in [1.807, 2.05) is 161 Å². The van der Waals surface area contributed by atoms with Crippen LogP contribution in [0.25, 0.3) is 206 Å². The molecule has 15 nitrogen and oxygen atoms in total. The molecule has 0 spiro atoms. The molecule has 1 radical (unpaired) electrons. The van der Waals surface area contributed by atoms with Gasteiger partial charge >= 0.3 is 0 Å². The normalized spacial score (nSPS) is 10.6. The van der Waals surface area contributed by atoms with Crippen LogP contribution in [0.1, 0.15) is 0 Å². The molecular formula is C130H89Br2IrN14O-. The molecule has 4 aromatic heterocycles. The van der Waals surface area contributed by atoms with Crippen molar-refractivity contribution in [2.45, 2.75) is 0 Å². The van der Waals surface area contributed by atoms with Gasteiger partial charge in [0.05, 0.1) is 36.0 Å². The Labute approximate surface area is 889 Å². The number of nitrogen functional groups attached to an aromatic ring is 1. The van der Waals surface area contributed by atoms with E-state index >= 15 is 0 Å². The van der Waals surface area contributed by atoms with E-state index in [4.69, 9.17) is 23.3 Å². The molecule has 4 heterocycles. The predicted molar refractivity (Wildman–Crippen MR) is 603 cm³/mol. The van der Waals surface area contributed by atoms with Crippen molar-refractivity contribution in [1.82, 2.24) is 54.5 Å². The molecule has 24 rings (SSSR count).